The van der Waals surface area contributed by atoms with Crippen LogP contribution in [-0.4, -0.2) is 62.7 Å². The quantitative estimate of drug-likeness (QED) is 0.853. The Morgan fingerprint density at radius 3 is 2.50 bits per heavy atom. The fraction of sp³-hybridized carbons (Fsp3) is 1.00. The summed E-state index contributed by atoms with van der Waals surface area (Å²) < 4.78 is 0. The summed E-state index contributed by atoms with van der Waals surface area (Å²) in [4.78, 5) is 5.12. The average molecular weight is 281 g/mol. The third-order valence-electron chi connectivity index (χ3n) is 5.69. The molecular formula is C17H35N3. The maximum atomic E-state index is 3.57. The lowest BCUT2D eigenvalue weighted by molar-refractivity contribution is 0.109. The van der Waals surface area contributed by atoms with Crippen LogP contribution in [-0.2, 0) is 0 Å². The number of nitrogens with zero attached hydrogens (tertiary/aromatic N) is 2. The Balaban J connectivity index is 1.94. The van der Waals surface area contributed by atoms with Gasteiger partial charge in [-0.2, -0.15) is 0 Å². The SMILES string of the molecule is CNC1CCC(C)(C)CC1CN1CC(C)C(N(C)C)C1. The van der Waals surface area contributed by atoms with Crippen molar-refractivity contribution < 1.29 is 0 Å². The minimum atomic E-state index is 0.532. The third-order valence-corrected chi connectivity index (χ3v) is 5.69. The molecule has 0 aromatic heterocycles. The first-order chi connectivity index (χ1) is 9.32. The molecule has 3 heteroatoms. The lowest BCUT2D eigenvalue weighted by Crippen LogP contribution is -2.46. The van der Waals surface area contributed by atoms with E-state index < -0.39 is 0 Å². The second-order valence-corrected chi connectivity index (χ2v) is 8.29. The number of likely N-dealkylation sites (tertiary alicyclic amines) is 1. The van der Waals surface area contributed by atoms with Gasteiger partial charge in [-0.1, -0.05) is 20.8 Å². The number of rotatable bonds is 4. The standard InChI is InChI=1S/C17H35N3/c1-13-10-20(12-16(13)19(5)6)11-14-9-17(2,3)8-7-15(14)18-4/h13-16,18H,7-12H2,1-6H3. The Bertz CT molecular complexity index is 313. The molecule has 3 nitrogen and oxygen atoms in total. The normalized spacial score (nSPS) is 38.5. The van der Waals surface area contributed by atoms with Crippen molar-refractivity contribution in [2.45, 2.75) is 52.1 Å². The first-order valence-corrected chi connectivity index (χ1v) is 8.38. The zero-order valence-corrected chi connectivity index (χ0v) is 14.4. The number of likely N-dealkylation sites (N-methyl/N-ethyl adjacent to an activating group) is 1. The van der Waals surface area contributed by atoms with Gasteiger partial charge in [-0.3, -0.25) is 0 Å². The highest BCUT2D eigenvalue weighted by atomic mass is 15.2. The molecule has 4 atom stereocenters. The Labute approximate surface area is 126 Å². The van der Waals surface area contributed by atoms with E-state index in [1.54, 1.807) is 0 Å². The minimum absolute atomic E-state index is 0.532. The molecule has 2 fully saturated rings. The lowest BCUT2D eigenvalue weighted by atomic mass is 9.69. The second-order valence-electron chi connectivity index (χ2n) is 8.29. The maximum Gasteiger partial charge on any atom is 0.0254 e. The van der Waals surface area contributed by atoms with E-state index in [0.717, 1.165) is 23.9 Å². The Kier molecular flexibility index (Phi) is 5.14. The first kappa shape index (κ1) is 16.3. The van der Waals surface area contributed by atoms with Gasteiger partial charge in [0.25, 0.3) is 0 Å². The topological polar surface area (TPSA) is 18.5 Å². The molecule has 0 amide bonds. The third kappa shape index (κ3) is 3.75. The van der Waals surface area contributed by atoms with Crippen LogP contribution in [0.4, 0.5) is 0 Å². The van der Waals surface area contributed by atoms with Crippen molar-refractivity contribution in [1.82, 2.24) is 15.1 Å². The van der Waals surface area contributed by atoms with E-state index >= 15 is 0 Å². The van der Waals surface area contributed by atoms with Crippen LogP contribution >= 0.6 is 0 Å². The molecule has 2 rings (SSSR count). The van der Waals surface area contributed by atoms with Gasteiger partial charge in [-0.15, -0.1) is 0 Å². The summed E-state index contributed by atoms with van der Waals surface area (Å²) in [6, 6.07) is 1.45. The molecule has 0 spiro atoms. The monoisotopic (exact) mass is 281 g/mol. The summed E-state index contributed by atoms with van der Waals surface area (Å²) in [6.45, 7) is 11.1. The maximum absolute atomic E-state index is 3.57. The van der Waals surface area contributed by atoms with E-state index in [9.17, 15) is 0 Å². The van der Waals surface area contributed by atoms with E-state index in [4.69, 9.17) is 0 Å². The van der Waals surface area contributed by atoms with E-state index in [2.05, 4.69) is 57.0 Å². The van der Waals surface area contributed by atoms with E-state index in [0.29, 0.717) is 5.41 Å². The van der Waals surface area contributed by atoms with Gasteiger partial charge in [0.05, 0.1) is 0 Å². The molecule has 0 bridgehead atoms. The molecule has 1 aliphatic heterocycles. The Hall–Kier alpha value is -0.120. The molecule has 0 radical (unpaired) electrons. The molecule has 1 saturated heterocycles. The molecule has 0 aromatic carbocycles. The molecular weight excluding hydrogens is 246 g/mol. The average Bonchev–Trinajstić information content (AvgIpc) is 2.69. The van der Waals surface area contributed by atoms with Gasteiger partial charge >= 0.3 is 0 Å². The van der Waals surface area contributed by atoms with Crippen LogP contribution in [0.5, 0.6) is 0 Å². The molecule has 1 heterocycles. The van der Waals surface area contributed by atoms with Crippen molar-refractivity contribution in [2.75, 3.05) is 40.8 Å². The number of nitrogens with one attached hydrogen (secondary N) is 1. The van der Waals surface area contributed by atoms with Crippen LogP contribution in [0.2, 0.25) is 0 Å². The summed E-state index contributed by atoms with van der Waals surface area (Å²) in [5, 5.41) is 3.57. The van der Waals surface area contributed by atoms with Crippen LogP contribution in [0, 0.1) is 17.3 Å². The molecule has 1 N–H and O–H groups in total. The van der Waals surface area contributed by atoms with Crippen LogP contribution in [0.1, 0.15) is 40.0 Å². The summed E-state index contributed by atoms with van der Waals surface area (Å²) >= 11 is 0. The van der Waals surface area contributed by atoms with Gasteiger partial charge in [0.15, 0.2) is 0 Å². The summed E-state index contributed by atoms with van der Waals surface area (Å²) in [7, 11) is 6.60. The number of hydrogen-bond acceptors (Lipinski definition) is 3. The largest absolute Gasteiger partial charge is 0.317 e. The van der Waals surface area contributed by atoms with Gasteiger partial charge in [-0.25, -0.2) is 0 Å². The highest BCUT2D eigenvalue weighted by Gasteiger charge is 2.37. The Morgan fingerprint density at radius 2 is 1.95 bits per heavy atom. The molecule has 2 aliphatic rings. The molecule has 1 saturated carbocycles. The molecule has 1 aliphatic carbocycles. The predicted molar refractivity (Wildman–Crippen MR) is 87.0 cm³/mol. The highest BCUT2D eigenvalue weighted by molar-refractivity contribution is 4.93. The van der Waals surface area contributed by atoms with Crippen LogP contribution in [0.25, 0.3) is 0 Å². The van der Waals surface area contributed by atoms with E-state index in [1.807, 2.05) is 0 Å². The molecule has 0 aromatic rings. The smallest absolute Gasteiger partial charge is 0.0254 e. The minimum Gasteiger partial charge on any atom is -0.317 e. The Morgan fingerprint density at radius 1 is 1.25 bits per heavy atom. The van der Waals surface area contributed by atoms with Crippen molar-refractivity contribution in [3.05, 3.63) is 0 Å². The van der Waals surface area contributed by atoms with Gasteiger partial charge in [0.2, 0.25) is 0 Å². The fourth-order valence-electron chi connectivity index (χ4n) is 4.51. The zero-order chi connectivity index (χ0) is 14.9. The van der Waals surface area contributed by atoms with Crippen LogP contribution < -0.4 is 5.32 Å². The van der Waals surface area contributed by atoms with Gasteiger partial charge in [-0.05, 0) is 57.7 Å². The van der Waals surface area contributed by atoms with Crippen molar-refractivity contribution in [3.63, 3.8) is 0 Å². The van der Waals surface area contributed by atoms with Crippen LogP contribution in [0.3, 0.4) is 0 Å². The van der Waals surface area contributed by atoms with Crippen LogP contribution in [0.15, 0.2) is 0 Å². The predicted octanol–water partition coefficient (Wildman–Crippen LogP) is 2.28. The first-order valence-electron chi connectivity index (χ1n) is 8.38. The van der Waals surface area contributed by atoms with Crippen molar-refractivity contribution in [3.8, 4) is 0 Å². The highest BCUT2D eigenvalue weighted by Crippen LogP contribution is 2.39. The lowest BCUT2D eigenvalue weighted by Gasteiger charge is -2.42. The zero-order valence-electron chi connectivity index (χ0n) is 14.4. The summed E-state index contributed by atoms with van der Waals surface area (Å²) in [5.74, 6) is 1.62. The van der Waals surface area contributed by atoms with Crippen molar-refractivity contribution in [2.24, 2.45) is 17.3 Å². The van der Waals surface area contributed by atoms with Gasteiger partial charge in [0, 0.05) is 31.7 Å². The van der Waals surface area contributed by atoms with E-state index in [1.165, 1.54) is 38.9 Å². The van der Waals surface area contributed by atoms with Crippen molar-refractivity contribution in [1.29, 1.82) is 0 Å². The fourth-order valence-corrected chi connectivity index (χ4v) is 4.51. The van der Waals surface area contributed by atoms with E-state index in [-0.39, 0.29) is 0 Å². The second kappa shape index (κ2) is 6.33. The van der Waals surface area contributed by atoms with Crippen molar-refractivity contribution >= 4 is 0 Å². The van der Waals surface area contributed by atoms with Gasteiger partial charge in [0.1, 0.15) is 0 Å². The summed E-state index contributed by atoms with van der Waals surface area (Å²) in [5.41, 5.74) is 0.532. The molecule has 4 unspecified atom stereocenters. The van der Waals surface area contributed by atoms with Gasteiger partial charge < -0.3 is 15.1 Å². The summed E-state index contributed by atoms with van der Waals surface area (Å²) in [6.07, 6.45) is 4.08. The molecule has 118 valence electrons. The molecule has 20 heavy (non-hydrogen) atoms. The number of hydrogen-bond donors (Lipinski definition) is 1.